The molecule has 0 aliphatic heterocycles. The van der Waals surface area contributed by atoms with Gasteiger partial charge in [-0.2, -0.15) is 0 Å². The fourth-order valence-electron chi connectivity index (χ4n) is 2.47. The number of benzene rings is 1. The van der Waals surface area contributed by atoms with E-state index in [4.69, 9.17) is 0 Å². The van der Waals surface area contributed by atoms with Crippen LogP contribution >= 0.6 is 24.0 Å². The van der Waals surface area contributed by atoms with Gasteiger partial charge in [-0.15, -0.1) is 24.0 Å². The van der Waals surface area contributed by atoms with Crippen molar-refractivity contribution in [1.82, 2.24) is 16.0 Å². The van der Waals surface area contributed by atoms with Crippen molar-refractivity contribution in [3.05, 3.63) is 35.4 Å². The largest absolute Gasteiger partial charge is 0.356 e. The lowest BCUT2D eigenvalue weighted by Crippen LogP contribution is -2.39. The summed E-state index contributed by atoms with van der Waals surface area (Å²) in [5.41, 5.74) is 2.60. The summed E-state index contributed by atoms with van der Waals surface area (Å²) in [6.07, 6.45) is 3.66. The Kier molecular flexibility index (Phi) is 9.85. The van der Waals surface area contributed by atoms with Gasteiger partial charge in [-0.1, -0.05) is 36.8 Å². The van der Waals surface area contributed by atoms with E-state index < -0.39 is 0 Å². The molecule has 1 atom stereocenters. The fourth-order valence-corrected chi connectivity index (χ4v) is 2.47. The molecule has 0 heterocycles. The van der Waals surface area contributed by atoms with Crippen molar-refractivity contribution in [2.75, 3.05) is 20.1 Å². The fraction of sp³-hybridized carbons (Fsp3) is 0.579. The Morgan fingerprint density at radius 1 is 1.24 bits per heavy atom. The third kappa shape index (κ3) is 8.56. The molecule has 0 saturated heterocycles. The van der Waals surface area contributed by atoms with Crippen molar-refractivity contribution < 1.29 is 4.79 Å². The first kappa shape index (κ1) is 21.7. The van der Waals surface area contributed by atoms with Crippen LogP contribution in [0.1, 0.15) is 49.7 Å². The van der Waals surface area contributed by atoms with Crippen LogP contribution in [0.2, 0.25) is 0 Å². The monoisotopic (exact) mass is 458 g/mol. The van der Waals surface area contributed by atoms with E-state index in [2.05, 4.69) is 59.1 Å². The molecule has 25 heavy (non-hydrogen) atoms. The number of carbonyl (C=O) groups is 1. The molecule has 1 saturated carbocycles. The molecule has 140 valence electrons. The first-order valence-corrected chi connectivity index (χ1v) is 8.89. The van der Waals surface area contributed by atoms with Crippen molar-refractivity contribution >= 4 is 35.8 Å². The molecule has 2 rings (SSSR count). The van der Waals surface area contributed by atoms with E-state index in [1.54, 1.807) is 7.05 Å². The number of carbonyl (C=O) groups excluding carboxylic acids is 1. The van der Waals surface area contributed by atoms with E-state index in [-0.39, 0.29) is 29.9 Å². The van der Waals surface area contributed by atoms with E-state index in [9.17, 15) is 4.79 Å². The van der Waals surface area contributed by atoms with Crippen molar-refractivity contribution in [3.8, 4) is 0 Å². The highest BCUT2D eigenvalue weighted by atomic mass is 127. The van der Waals surface area contributed by atoms with Gasteiger partial charge in [0.2, 0.25) is 5.91 Å². The standard InChI is InChI=1S/C19H30N4O.HI/c1-14-6-8-16(9-7-14)15(2)13-22-19(20-3)21-12-4-5-18(24)23-17-10-11-17;/h6-9,15,17H,4-5,10-13H2,1-3H3,(H,23,24)(H2,20,21,22);1H. The number of nitrogens with zero attached hydrogens (tertiary/aromatic N) is 1. The molecule has 0 spiro atoms. The van der Waals surface area contributed by atoms with Crippen LogP contribution in [0.3, 0.4) is 0 Å². The molecule has 1 aliphatic carbocycles. The van der Waals surface area contributed by atoms with Gasteiger partial charge in [0.1, 0.15) is 0 Å². The molecule has 1 aliphatic rings. The number of rotatable bonds is 8. The smallest absolute Gasteiger partial charge is 0.220 e. The Hall–Kier alpha value is -1.31. The molecule has 3 N–H and O–H groups in total. The lowest BCUT2D eigenvalue weighted by molar-refractivity contribution is -0.121. The van der Waals surface area contributed by atoms with Crippen LogP contribution in [0, 0.1) is 6.92 Å². The van der Waals surface area contributed by atoms with Crippen molar-refractivity contribution in [1.29, 1.82) is 0 Å². The highest BCUT2D eigenvalue weighted by Gasteiger charge is 2.22. The van der Waals surface area contributed by atoms with Gasteiger partial charge in [0, 0.05) is 32.6 Å². The summed E-state index contributed by atoms with van der Waals surface area (Å²) < 4.78 is 0. The van der Waals surface area contributed by atoms with Gasteiger partial charge in [0.25, 0.3) is 0 Å². The highest BCUT2D eigenvalue weighted by molar-refractivity contribution is 14.0. The Labute approximate surface area is 168 Å². The molecule has 1 aromatic carbocycles. The molecule has 1 fully saturated rings. The van der Waals surface area contributed by atoms with Gasteiger partial charge in [-0.25, -0.2) is 0 Å². The zero-order chi connectivity index (χ0) is 17.4. The van der Waals surface area contributed by atoms with Gasteiger partial charge >= 0.3 is 0 Å². The Balaban J connectivity index is 0.00000312. The molecular formula is C19H31IN4O. The minimum Gasteiger partial charge on any atom is -0.356 e. The average molecular weight is 458 g/mol. The molecular weight excluding hydrogens is 427 g/mol. The van der Waals surface area contributed by atoms with E-state index >= 15 is 0 Å². The van der Waals surface area contributed by atoms with Crippen molar-refractivity contribution in [2.45, 2.75) is 51.5 Å². The van der Waals surface area contributed by atoms with E-state index in [0.717, 1.165) is 38.3 Å². The number of guanidine groups is 1. The van der Waals surface area contributed by atoms with Crippen LogP contribution in [0.15, 0.2) is 29.3 Å². The SMILES string of the molecule is CN=C(NCCCC(=O)NC1CC1)NCC(C)c1ccc(C)cc1.I. The Morgan fingerprint density at radius 3 is 2.52 bits per heavy atom. The third-order valence-electron chi connectivity index (χ3n) is 4.26. The number of hydrogen-bond acceptors (Lipinski definition) is 2. The van der Waals surface area contributed by atoms with E-state index in [1.165, 1.54) is 11.1 Å². The normalized spacial score (nSPS) is 15.1. The summed E-state index contributed by atoms with van der Waals surface area (Å²) in [6.45, 7) is 5.87. The molecule has 1 amide bonds. The molecule has 5 nitrogen and oxygen atoms in total. The summed E-state index contributed by atoms with van der Waals surface area (Å²) in [6, 6.07) is 9.09. The van der Waals surface area contributed by atoms with Gasteiger partial charge in [-0.05, 0) is 37.7 Å². The second-order valence-corrected chi connectivity index (χ2v) is 6.64. The van der Waals surface area contributed by atoms with Crippen LogP contribution in [0.25, 0.3) is 0 Å². The maximum absolute atomic E-state index is 11.6. The van der Waals surface area contributed by atoms with Gasteiger partial charge in [-0.3, -0.25) is 9.79 Å². The lowest BCUT2D eigenvalue weighted by atomic mass is 10.0. The Morgan fingerprint density at radius 2 is 1.92 bits per heavy atom. The molecule has 1 aromatic rings. The Bertz CT molecular complexity index is 555. The number of nitrogens with one attached hydrogen (secondary N) is 3. The first-order chi connectivity index (χ1) is 11.6. The quantitative estimate of drug-likeness (QED) is 0.243. The summed E-state index contributed by atoms with van der Waals surface area (Å²) in [7, 11) is 1.77. The molecule has 0 aromatic heterocycles. The van der Waals surface area contributed by atoms with Gasteiger partial charge in [0.05, 0.1) is 0 Å². The van der Waals surface area contributed by atoms with E-state index in [1.807, 2.05) is 0 Å². The molecule has 6 heteroatoms. The maximum atomic E-state index is 11.6. The topological polar surface area (TPSA) is 65.5 Å². The van der Waals surface area contributed by atoms with Crippen LogP contribution in [0.4, 0.5) is 0 Å². The second kappa shape index (κ2) is 11.3. The lowest BCUT2D eigenvalue weighted by Gasteiger charge is -2.16. The summed E-state index contributed by atoms with van der Waals surface area (Å²) >= 11 is 0. The number of amides is 1. The summed E-state index contributed by atoms with van der Waals surface area (Å²) in [5, 5.41) is 9.63. The summed E-state index contributed by atoms with van der Waals surface area (Å²) in [4.78, 5) is 15.9. The second-order valence-electron chi connectivity index (χ2n) is 6.64. The minimum atomic E-state index is 0. The van der Waals surface area contributed by atoms with Crippen LogP contribution < -0.4 is 16.0 Å². The van der Waals surface area contributed by atoms with Crippen LogP contribution in [0.5, 0.6) is 0 Å². The minimum absolute atomic E-state index is 0. The predicted molar refractivity (Wildman–Crippen MR) is 115 cm³/mol. The first-order valence-electron chi connectivity index (χ1n) is 8.89. The van der Waals surface area contributed by atoms with Crippen LogP contribution in [-0.2, 0) is 4.79 Å². The highest BCUT2D eigenvalue weighted by Crippen LogP contribution is 2.18. The molecule has 1 unspecified atom stereocenters. The summed E-state index contributed by atoms with van der Waals surface area (Å²) in [5.74, 6) is 1.36. The zero-order valence-corrected chi connectivity index (χ0v) is 17.8. The van der Waals surface area contributed by atoms with Crippen LogP contribution in [-0.4, -0.2) is 38.0 Å². The van der Waals surface area contributed by atoms with Gasteiger partial charge < -0.3 is 16.0 Å². The van der Waals surface area contributed by atoms with Crippen molar-refractivity contribution in [3.63, 3.8) is 0 Å². The number of halogens is 1. The predicted octanol–water partition coefficient (Wildman–Crippen LogP) is 2.94. The number of hydrogen-bond donors (Lipinski definition) is 3. The zero-order valence-electron chi connectivity index (χ0n) is 15.5. The third-order valence-corrected chi connectivity index (χ3v) is 4.26. The van der Waals surface area contributed by atoms with E-state index in [0.29, 0.717) is 18.4 Å². The molecule has 0 bridgehead atoms. The van der Waals surface area contributed by atoms with Gasteiger partial charge in [0.15, 0.2) is 5.96 Å². The maximum Gasteiger partial charge on any atom is 0.220 e. The number of aryl methyl sites for hydroxylation is 1. The van der Waals surface area contributed by atoms with Crippen molar-refractivity contribution in [2.24, 2.45) is 4.99 Å². The molecule has 0 radical (unpaired) electrons. The number of aliphatic imine (C=N–C) groups is 1. The average Bonchev–Trinajstić information content (AvgIpc) is 3.38.